The van der Waals surface area contributed by atoms with Crippen LogP contribution in [0.4, 0.5) is 0 Å². The van der Waals surface area contributed by atoms with Crippen LogP contribution in [0, 0.1) is 50.2 Å². The summed E-state index contributed by atoms with van der Waals surface area (Å²) in [6.45, 7) is 18.4. The van der Waals surface area contributed by atoms with Crippen LogP contribution < -0.4 is 0 Å². The summed E-state index contributed by atoms with van der Waals surface area (Å²) >= 11 is 0. The van der Waals surface area contributed by atoms with Gasteiger partial charge >= 0.3 is 11.9 Å². The Morgan fingerprint density at radius 2 is 1.26 bits per heavy atom. The highest BCUT2D eigenvalue weighted by molar-refractivity contribution is 5.95. The minimum absolute atomic E-state index is 0.0399. The second kappa shape index (κ2) is 16.8. The van der Waals surface area contributed by atoms with E-state index in [1.807, 2.05) is 13.0 Å². The number of ether oxygens (including phenoxy) is 1. The van der Waals surface area contributed by atoms with Gasteiger partial charge in [-0.2, -0.15) is 0 Å². The van der Waals surface area contributed by atoms with Gasteiger partial charge in [-0.15, -0.1) is 0 Å². The number of hydrogen-bond acceptors (Lipinski definition) is 4. The van der Waals surface area contributed by atoms with Crippen LogP contribution in [0.2, 0.25) is 0 Å². The minimum atomic E-state index is -0.736. The number of hydrogen-bond donors (Lipinski definition) is 1. The Morgan fingerprint density at radius 3 is 1.83 bits per heavy atom. The van der Waals surface area contributed by atoms with Gasteiger partial charge in [-0.05, 0) is 111 Å². The number of carbonyl (C=O) groups is 3. The van der Waals surface area contributed by atoms with Gasteiger partial charge in [0.1, 0.15) is 6.10 Å². The van der Waals surface area contributed by atoms with Crippen molar-refractivity contribution in [1.82, 2.24) is 0 Å². The first-order valence-electron chi connectivity index (χ1n) is 22.7. The van der Waals surface area contributed by atoms with Crippen LogP contribution in [0.5, 0.6) is 0 Å². The Hall–Kier alpha value is -1.65. The Balaban J connectivity index is 1.12. The third-order valence-corrected chi connectivity index (χ3v) is 17.3. The van der Waals surface area contributed by atoms with E-state index in [0.29, 0.717) is 25.2 Å². The molecule has 5 aliphatic rings. The van der Waals surface area contributed by atoms with Gasteiger partial charge in [-0.3, -0.25) is 14.4 Å². The van der Waals surface area contributed by atoms with E-state index >= 15 is 0 Å². The van der Waals surface area contributed by atoms with E-state index in [1.165, 1.54) is 89.0 Å². The topological polar surface area (TPSA) is 80.7 Å². The van der Waals surface area contributed by atoms with Crippen LogP contribution in [-0.4, -0.2) is 28.9 Å². The van der Waals surface area contributed by atoms with E-state index in [-0.39, 0.29) is 56.8 Å². The summed E-state index contributed by atoms with van der Waals surface area (Å²) < 4.78 is 6.34. The highest BCUT2D eigenvalue weighted by Gasteiger charge is 2.70. The standard InChI is InChI=1S/C48H80O5/c1-9-10-11-12-13-14-15-16-17-18-19-20-21-22-23-24-40(50)53-39-26-27-46(6)38(43(39,2)3)25-28-48(8)41(46)37(49)33-35-36-34-45(5,42(51)52)30-29-44(36,4)31-32-47(35,48)7/h33,36,38-39,41H,9-32,34H2,1-8H3,(H,51,52)/t36-,38?,39+,41-,44-,45+,46+,47-,48-/m1/s1. The third-order valence-electron chi connectivity index (χ3n) is 17.3. The quantitative estimate of drug-likeness (QED) is 0.112. The van der Waals surface area contributed by atoms with Crippen LogP contribution in [0.1, 0.15) is 216 Å². The number of aliphatic carboxylic acids is 1. The largest absolute Gasteiger partial charge is 0.481 e. The number of rotatable bonds is 18. The van der Waals surface area contributed by atoms with Gasteiger partial charge < -0.3 is 9.84 Å². The molecule has 4 saturated carbocycles. The van der Waals surface area contributed by atoms with Crippen molar-refractivity contribution in [2.75, 3.05) is 0 Å². The van der Waals surface area contributed by atoms with Crippen LogP contribution in [-0.2, 0) is 19.1 Å². The lowest BCUT2D eigenvalue weighted by molar-refractivity contribution is -0.211. The molecule has 0 aromatic heterocycles. The highest BCUT2D eigenvalue weighted by atomic mass is 16.5. The maximum Gasteiger partial charge on any atom is 0.309 e. The Kier molecular flexibility index (Phi) is 13.5. The van der Waals surface area contributed by atoms with Gasteiger partial charge in [0.2, 0.25) is 0 Å². The number of fused-ring (bicyclic) bond motifs is 7. The molecule has 0 aromatic rings. The van der Waals surface area contributed by atoms with Gasteiger partial charge in [0, 0.05) is 17.8 Å². The molecule has 5 heteroatoms. The molecule has 302 valence electrons. The molecule has 1 N–H and O–H groups in total. The predicted octanol–water partition coefficient (Wildman–Crippen LogP) is 13.2. The molecule has 0 amide bonds. The van der Waals surface area contributed by atoms with E-state index in [0.717, 1.165) is 57.8 Å². The van der Waals surface area contributed by atoms with Gasteiger partial charge in [0.15, 0.2) is 5.78 Å². The molecule has 0 saturated heterocycles. The number of carboxylic acids is 1. The Morgan fingerprint density at radius 1 is 0.717 bits per heavy atom. The lowest BCUT2D eigenvalue weighted by Crippen LogP contribution is -2.66. The lowest BCUT2D eigenvalue weighted by atomic mass is 9.33. The first-order valence-corrected chi connectivity index (χ1v) is 22.7. The van der Waals surface area contributed by atoms with Crippen molar-refractivity contribution in [3.05, 3.63) is 11.6 Å². The monoisotopic (exact) mass is 737 g/mol. The van der Waals surface area contributed by atoms with Crippen LogP contribution >= 0.6 is 0 Å². The van der Waals surface area contributed by atoms with Crippen molar-refractivity contribution in [3.8, 4) is 0 Å². The number of esters is 1. The second-order valence-electron chi connectivity index (χ2n) is 21.1. The van der Waals surface area contributed by atoms with Gasteiger partial charge in [0.25, 0.3) is 0 Å². The SMILES string of the molecule is CCCCCCCCCCCCCCCCCC(=O)O[C@H]1CC[C@@]2(C)C(CC[C@]3(C)[C@@H]2C(=O)C=C2[C@H]4C[C@@](C)(C(=O)O)CC[C@]4(C)CC[C@]23C)C1(C)C. The average molecular weight is 737 g/mol. The Labute approximate surface area is 325 Å². The second-order valence-corrected chi connectivity index (χ2v) is 21.1. The van der Waals surface area contributed by atoms with E-state index in [9.17, 15) is 19.5 Å². The fourth-order valence-corrected chi connectivity index (χ4v) is 13.4. The van der Waals surface area contributed by atoms with Gasteiger partial charge in [-0.25, -0.2) is 0 Å². The molecule has 0 heterocycles. The van der Waals surface area contributed by atoms with Gasteiger partial charge in [-0.1, -0.05) is 144 Å². The summed E-state index contributed by atoms with van der Waals surface area (Å²) in [5, 5.41) is 10.2. The summed E-state index contributed by atoms with van der Waals surface area (Å²) in [4.78, 5) is 40.3. The van der Waals surface area contributed by atoms with Crippen LogP contribution in [0.3, 0.4) is 0 Å². The molecule has 5 aliphatic carbocycles. The first-order chi connectivity index (χ1) is 25.0. The van der Waals surface area contributed by atoms with Crippen molar-refractivity contribution in [2.45, 2.75) is 222 Å². The lowest BCUT2D eigenvalue weighted by Gasteiger charge is -2.70. The molecule has 0 radical (unpaired) electrons. The zero-order chi connectivity index (χ0) is 38.7. The van der Waals surface area contributed by atoms with E-state index in [1.54, 1.807) is 0 Å². The summed E-state index contributed by atoms with van der Waals surface area (Å²) in [6, 6.07) is 0. The molecule has 5 rings (SSSR count). The van der Waals surface area contributed by atoms with Crippen LogP contribution in [0.15, 0.2) is 11.6 Å². The molecule has 53 heavy (non-hydrogen) atoms. The number of allylic oxidation sites excluding steroid dienone is 2. The van der Waals surface area contributed by atoms with Crippen molar-refractivity contribution < 1.29 is 24.2 Å². The molecule has 5 nitrogen and oxygen atoms in total. The average Bonchev–Trinajstić information content (AvgIpc) is 3.09. The summed E-state index contributed by atoms with van der Waals surface area (Å²) in [5.41, 5.74) is -0.0849. The van der Waals surface area contributed by atoms with Crippen LogP contribution in [0.25, 0.3) is 0 Å². The molecular formula is C48H80O5. The minimum Gasteiger partial charge on any atom is -0.481 e. The Bertz CT molecular complexity index is 1330. The molecular weight excluding hydrogens is 657 g/mol. The van der Waals surface area contributed by atoms with E-state index < -0.39 is 11.4 Å². The molecule has 0 aromatic carbocycles. The van der Waals surface area contributed by atoms with Crippen molar-refractivity contribution >= 4 is 17.7 Å². The van der Waals surface area contributed by atoms with Crippen molar-refractivity contribution in [2.24, 2.45) is 50.2 Å². The number of carboxylic acid groups (broad SMARTS) is 1. The number of carbonyl (C=O) groups excluding carboxylic acids is 2. The number of ketones is 1. The number of unbranched alkanes of at least 4 members (excludes halogenated alkanes) is 14. The molecule has 0 bridgehead atoms. The fourth-order valence-electron chi connectivity index (χ4n) is 13.4. The maximum absolute atomic E-state index is 14.7. The van der Waals surface area contributed by atoms with Crippen molar-refractivity contribution in [3.63, 3.8) is 0 Å². The normalized spacial score (nSPS) is 38.9. The van der Waals surface area contributed by atoms with Crippen molar-refractivity contribution in [1.29, 1.82) is 0 Å². The van der Waals surface area contributed by atoms with E-state index in [2.05, 4.69) is 48.5 Å². The van der Waals surface area contributed by atoms with Gasteiger partial charge in [0.05, 0.1) is 5.41 Å². The zero-order valence-corrected chi connectivity index (χ0v) is 35.6. The fraction of sp³-hybridized carbons (Fsp3) is 0.896. The molecule has 0 aliphatic heterocycles. The highest BCUT2D eigenvalue weighted by Crippen LogP contribution is 2.75. The molecule has 4 fully saturated rings. The van der Waals surface area contributed by atoms with E-state index in [4.69, 9.17) is 4.74 Å². The molecule has 0 spiro atoms. The summed E-state index contributed by atoms with van der Waals surface area (Å²) in [6.07, 6.45) is 30.3. The predicted molar refractivity (Wildman–Crippen MR) is 216 cm³/mol. The summed E-state index contributed by atoms with van der Waals surface area (Å²) in [7, 11) is 0. The zero-order valence-electron chi connectivity index (χ0n) is 35.6. The maximum atomic E-state index is 14.7. The summed E-state index contributed by atoms with van der Waals surface area (Å²) in [5.74, 6) is -0.0923. The third kappa shape index (κ3) is 8.26. The molecule has 9 atom stereocenters. The molecule has 1 unspecified atom stereocenters. The first kappa shape index (κ1) is 42.5. The smallest absolute Gasteiger partial charge is 0.309 e.